The van der Waals surface area contributed by atoms with Crippen LogP contribution in [0.5, 0.6) is 0 Å². The number of sulfonamides is 1. The molecule has 0 aliphatic carbocycles. The summed E-state index contributed by atoms with van der Waals surface area (Å²) in [6.45, 7) is 4.22. The van der Waals surface area contributed by atoms with Crippen LogP contribution in [0.25, 0.3) is 11.0 Å². The van der Waals surface area contributed by atoms with Crippen LogP contribution in [0.15, 0.2) is 64.0 Å². The number of benzene rings is 2. The Kier molecular flexibility index (Phi) is 5.00. The number of para-hydroxylation sites is 2. The molecule has 0 fully saturated rings. The van der Waals surface area contributed by atoms with E-state index in [0.29, 0.717) is 18.3 Å². The maximum Gasteiger partial charge on any atom is 0.263 e. The lowest BCUT2D eigenvalue weighted by Gasteiger charge is -2.09. The van der Waals surface area contributed by atoms with Gasteiger partial charge in [0.1, 0.15) is 5.76 Å². The maximum absolute atomic E-state index is 12.8. The Morgan fingerprint density at radius 2 is 1.93 bits per heavy atom. The van der Waals surface area contributed by atoms with Gasteiger partial charge in [0.05, 0.1) is 15.9 Å². The lowest BCUT2D eigenvalue weighted by Crippen LogP contribution is -2.17. The number of nitrogens with zero attached hydrogens (tertiary/aromatic N) is 3. The van der Waals surface area contributed by atoms with Gasteiger partial charge >= 0.3 is 0 Å². The molecule has 1 amide bonds. The van der Waals surface area contributed by atoms with E-state index < -0.39 is 15.9 Å². The summed E-state index contributed by atoms with van der Waals surface area (Å²) in [6, 6.07) is 14.7. The average Bonchev–Trinajstić information content (AvgIpc) is 3.29. The standard InChI is InChI=1S/C20H19N5O4S/c1-3-25-17-10-5-4-9-16(17)21-20(25)22-19(26)14-7-6-8-15(12-14)30(27,28)24-18-11-13(2)29-23-18/h4-12H,3H2,1-2H3,(H,23,24)(H,21,22,26). The Balaban J connectivity index is 1.60. The lowest BCUT2D eigenvalue weighted by molar-refractivity contribution is 0.102. The highest BCUT2D eigenvalue weighted by Gasteiger charge is 2.19. The number of fused-ring (bicyclic) bond motifs is 1. The molecule has 0 saturated carbocycles. The van der Waals surface area contributed by atoms with Crippen molar-refractivity contribution >= 4 is 38.7 Å². The molecule has 0 saturated heterocycles. The quantitative estimate of drug-likeness (QED) is 0.489. The minimum atomic E-state index is -3.94. The third-order valence-electron chi connectivity index (χ3n) is 4.47. The zero-order valence-corrected chi connectivity index (χ0v) is 17.1. The van der Waals surface area contributed by atoms with Gasteiger partial charge in [-0.05, 0) is 44.2 Å². The fraction of sp³-hybridized carbons (Fsp3) is 0.150. The van der Waals surface area contributed by atoms with Crippen LogP contribution in [-0.2, 0) is 16.6 Å². The Morgan fingerprint density at radius 3 is 2.67 bits per heavy atom. The molecule has 0 bridgehead atoms. The van der Waals surface area contributed by atoms with Gasteiger partial charge in [-0.25, -0.2) is 13.4 Å². The van der Waals surface area contributed by atoms with Gasteiger partial charge in [0.25, 0.3) is 15.9 Å². The first-order chi connectivity index (χ1) is 14.4. The number of aromatic nitrogens is 3. The maximum atomic E-state index is 12.8. The first kappa shape index (κ1) is 19.6. The number of hydrogen-bond donors (Lipinski definition) is 2. The number of carbonyl (C=O) groups excluding carboxylic acids is 1. The molecular weight excluding hydrogens is 406 g/mol. The molecule has 9 nitrogen and oxygen atoms in total. The Hall–Kier alpha value is -3.66. The molecule has 2 aromatic heterocycles. The number of amides is 1. The highest BCUT2D eigenvalue weighted by atomic mass is 32.2. The summed E-state index contributed by atoms with van der Waals surface area (Å²) in [5, 5.41) is 6.39. The van der Waals surface area contributed by atoms with E-state index in [9.17, 15) is 13.2 Å². The van der Waals surface area contributed by atoms with Crippen molar-refractivity contribution in [1.29, 1.82) is 0 Å². The second-order valence-electron chi connectivity index (χ2n) is 6.58. The summed E-state index contributed by atoms with van der Waals surface area (Å²) in [7, 11) is -3.94. The van der Waals surface area contributed by atoms with E-state index in [1.165, 1.54) is 30.3 Å². The van der Waals surface area contributed by atoms with Crippen LogP contribution in [0.3, 0.4) is 0 Å². The van der Waals surface area contributed by atoms with E-state index in [-0.39, 0.29) is 16.3 Å². The average molecular weight is 425 g/mol. The third-order valence-corrected chi connectivity index (χ3v) is 5.82. The molecule has 0 radical (unpaired) electrons. The third kappa shape index (κ3) is 3.77. The molecule has 4 rings (SSSR count). The van der Waals surface area contributed by atoms with Gasteiger partial charge < -0.3 is 9.09 Å². The van der Waals surface area contributed by atoms with Crippen molar-refractivity contribution in [3.8, 4) is 0 Å². The predicted molar refractivity (Wildman–Crippen MR) is 112 cm³/mol. The number of nitrogens with one attached hydrogen (secondary N) is 2. The van der Waals surface area contributed by atoms with Gasteiger partial charge in [0, 0.05) is 18.2 Å². The van der Waals surface area contributed by atoms with E-state index in [2.05, 4.69) is 20.2 Å². The van der Waals surface area contributed by atoms with Gasteiger partial charge in [-0.15, -0.1) is 0 Å². The van der Waals surface area contributed by atoms with Gasteiger partial charge in [-0.2, -0.15) is 0 Å². The molecule has 0 spiro atoms. The van der Waals surface area contributed by atoms with Crippen molar-refractivity contribution in [2.75, 3.05) is 10.0 Å². The van der Waals surface area contributed by atoms with Crippen LogP contribution in [0.1, 0.15) is 23.0 Å². The SMILES string of the molecule is CCn1c(NC(=O)c2cccc(S(=O)(=O)Nc3cc(C)on3)c2)nc2ccccc21. The summed E-state index contributed by atoms with van der Waals surface area (Å²) < 4.78 is 34.3. The molecule has 0 aliphatic heterocycles. The highest BCUT2D eigenvalue weighted by molar-refractivity contribution is 7.92. The fourth-order valence-electron chi connectivity index (χ4n) is 3.08. The summed E-state index contributed by atoms with van der Waals surface area (Å²) in [5.74, 6) is 0.473. The van der Waals surface area contributed by atoms with Gasteiger partial charge in [0.15, 0.2) is 5.82 Å². The fourth-order valence-corrected chi connectivity index (χ4v) is 4.11. The number of anilines is 2. The summed E-state index contributed by atoms with van der Waals surface area (Å²) in [5.41, 5.74) is 1.85. The van der Waals surface area contributed by atoms with Crippen LogP contribution in [0, 0.1) is 6.92 Å². The zero-order valence-electron chi connectivity index (χ0n) is 16.3. The molecule has 2 heterocycles. The van der Waals surface area contributed by atoms with Crippen LogP contribution in [-0.4, -0.2) is 29.0 Å². The van der Waals surface area contributed by atoms with Crippen molar-refractivity contribution in [1.82, 2.24) is 14.7 Å². The van der Waals surface area contributed by atoms with Crippen molar-refractivity contribution in [3.63, 3.8) is 0 Å². The summed E-state index contributed by atoms with van der Waals surface area (Å²) in [6.07, 6.45) is 0. The van der Waals surface area contributed by atoms with Gasteiger partial charge in [0.2, 0.25) is 5.95 Å². The van der Waals surface area contributed by atoms with Gasteiger partial charge in [-0.3, -0.25) is 14.8 Å². The Morgan fingerprint density at radius 1 is 1.13 bits per heavy atom. The van der Waals surface area contributed by atoms with E-state index in [1.54, 1.807) is 6.92 Å². The van der Waals surface area contributed by atoms with Crippen molar-refractivity contribution in [2.45, 2.75) is 25.3 Å². The topological polar surface area (TPSA) is 119 Å². The molecule has 0 atom stereocenters. The molecule has 0 unspecified atom stereocenters. The van der Waals surface area contributed by atoms with Crippen LogP contribution in [0.2, 0.25) is 0 Å². The predicted octanol–water partition coefficient (Wildman–Crippen LogP) is 3.41. The van der Waals surface area contributed by atoms with Crippen LogP contribution >= 0.6 is 0 Å². The molecule has 4 aromatic rings. The minimum absolute atomic E-state index is 0.0685. The smallest absolute Gasteiger partial charge is 0.263 e. The van der Waals surface area contributed by atoms with E-state index >= 15 is 0 Å². The molecular formula is C20H19N5O4S. The number of rotatable bonds is 6. The highest BCUT2D eigenvalue weighted by Crippen LogP contribution is 2.21. The first-order valence-electron chi connectivity index (χ1n) is 9.20. The van der Waals surface area contributed by atoms with Crippen molar-refractivity contribution in [3.05, 3.63) is 65.9 Å². The van der Waals surface area contributed by atoms with Crippen LogP contribution in [0.4, 0.5) is 11.8 Å². The minimum Gasteiger partial charge on any atom is -0.360 e. The van der Waals surface area contributed by atoms with E-state index in [1.807, 2.05) is 35.8 Å². The van der Waals surface area contributed by atoms with Crippen molar-refractivity contribution in [2.24, 2.45) is 0 Å². The number of imidazole rings is 1. The summed E-state index contributed by atoms with van der Waals surface area (Å²) >= 11 is 0. The largest absolute Gasteiger partial charge is 0.360 e. The normalized spacial score (nSPS) is 11.5. The molecule has 30 heavy (non-hydrogen) atoms. The van der Waals surface area contributed by atoms with E-state index in [4.69, 9.17) is 4.52 Å². The monoisotopic (exact) mass is 425 g/mol. The molecule has 2 aromatic carbocycles. The summed E-state index contributed by atoms with van der Waals surface area (Å²) in [4.78, 5) is 17.2. The first-order valence-corrected chi connectivity index (χ1v) is 10.7. The second kappa shape index (κ2) is 7.64. The number of hydrogen-bond acceptors (Lipinski definition) is 6. The van der Waals surface area contributed by atoms with Gasteiger partial charge in [-0.1, -0.05) is 23.4 Å². The second-order valence-corrected chi connectivity index (χ2v) is 8.26. The zero-order chi connectivity index (χ0) is 21.3. The lowest BCUT2D eigenvalue weighted by atomic mass is 10.2. The molecule has 0 aliphatic rings. The Bertz CT molecular complexity index is 1340. The van der Waals surface area contributed by atoms with Crippen molar-refractivity contribution < 1.29 is 17.7 Å². The van der Waals surface area contributed by atoms with E-state index in [0.717, 1.165) is 11.0 Å². The molecule has 10 heteroatoms. The Labute approximate surface area is 172 Å². The number of carbonyl (C=O) groups is 1. The molecule has 2 N–H and O–H groups in total. The number of aryl methyl sites for hydroxylation is 2. The molecule has 154 valence electrons. The van der Waals surface area contributed by atoms with Crippen LogP contribution < -0.4 is 10.0 Å².